The molecular formula is C14H22ClN3. The molecule has 0 heterocycles. The predicted octanol–water partition coefficient (Wildman–Crippen LogP) is 3.40. The molecule has 0 bridgehead atoms. The number of hydrogen-bond acceptors (Lipinski definition) is 3. The Kier molecular flexibility index (Phi) is 4.87. The van der Waals surface area contributed by atoms with Crippen LogP contribution in [0.2, 0.25) is 5.02 Å². The number of benzene rings is 1. The highest BCUT2D eigenvalue weighted by Crippen LogP contribution is 2.35. The second-order valence-electron chi connectivity index (χ2n) is 5.17. The minimum absolute atomic E-state index is 0.139. The molecule has 1 aromatic carbocycles. The first kappa shape index (κ1) is 13.7. The van der Waals surface area contributed by atoms with Gasteiger partial charge in [0.05, 0.1) is 6.04 Å². The molecule has 100 valence electrons. The summed E-state index contributed by atoms with van der Waals surface area (Å²) < 4.78 is 0. The Hall–Kier alpha value is -0.770. The van der Waals surface area contributed by atoms with Crippen molar-refractivity contribution in [2.45, 2.75) is 44.6 Å². The van der Waals surface area contributed by atoms with Gasteiger partial charge in [-0.05, 0) is 36.5 Å². The highest BCUT2D eigenvalue weighted by atomic mass is 35.5. The van der Waals surface area contributed by atoms with Crippen molar-refractivity contribution < 1.29 is 0 Å². The smallest absolute Gasteiger partial charge is 0.0508 e. The van der Waals surface area contributed by atoms with Gasteiger partial charge in [-0.2, -0.15) is 0 Å². The van der Waals surface area contributed by atoms with Crippen LogP contribution in [0.5, 0.6) is 0 Å². The zero-order valence-electron chi connectivity index (χ0n) is 10.7. The van der Waals surface area contributed by atoms with Crippen molar-refractivity contribution in [3.05, 3.63) is 28.8 Å². The van der Waals surface area contributed by atoms with E-state index in [-0.39, 0.29) is 6.04 Å². The van der Waals surface area contributed by atoms with Gasteiger partial charge in [0.1, 0.15) is 0 Å². The molecule has 1 unspecified atom stereocenters. The van der Waals surface area contributed by atoms with Crippen molar-refractivity contribution in [1.29, 1.82) is 0 Å². The van der Waals surface area contributed by atoms with E-state index < -0.39 is 0 Å². The topological polar surface area (TPSA) is 64.1 Å². The minimum Gasteiger partial charge on any atom is -0.398 e. The van der Waals surface area contributed by atoms with E-state index in [9.17, 15) is 0 Å². The summed E-state index contributed by atoms with van der Waals surface area (Å²) in [4.78, 5) is 0. The third kappa shape index (κ3) is 3.16. The second kappa shape index (κ2) is 6.41. The summed E-state index contributed by atoms with van der Waals surface area (Å²) in [6.45, 7) is 0. The molecule has 1 fully saturated rings. The van der Waals surface area contributed by atoms with E-state index in [1.807, 2.05) is 12.1 Å². The summed E-state index contributed by atoms with van der Waals surface area (Å²) in [5.74, 6) is 6.33. The van der Waals surface area contributed by atoms with Crippen LogP contribution in [0, 0.1) is 5.92 Å². The highest BCUT2D eigenvalue weighted by molar-refractivity contribution is 6.30. The lowest BCUT2D eigenvalue weighted by atomic mass is 9.87. The fourth-order valence-electron chi connectivity index (χ4n) is 2.95. The number of rotatable bonds is 3. The molecule has 0 saturated heterocycles. The lowest BCUT2D eigenvalue weighted by Gasteiger charge is -2.27. The predicted molar refractivity (Wildman–Crippen MR) is 77.1 cm³/mol. The molecule has 3 nitrogen and oxygen atoms in total. The Balaban J connectivity index is 2.20. The maximum atomic E-state index is 6.06. The molecule has 4 heteroatoms. The van der Waals surface area contributed by atoms with Crippen LogP contribution in [-0.2, 0) is 0 Å². The van der Waals surface area contributed by atoms with Crippen LogP contribution in [0.25, 0.3) is 0 Å². The number of nitrogens with one attached hydrogen (secondary N) is 1. The first-order chi connectivity index (χ1) is 8.72. The van der Waals surface area contributed by atoms with Crippen LogP contribution >= 0.6 is 11.6 Å². The molecule has 0 radical (unpaired) electrons. The van der Waals surface area contributed by atoms with E-state index in [1.54, 1.807) is 6.07 Å². The van der Waals surface area contributed by atoms with E-state index in [1.165, 1.54) is 38.5 Å². The van der Waals surface area contributed by atoms with Crippen LogP contribution in [-0.4, -0.2) is 0 Å². The molecule has 2 rings (SSSR count). The Labute approximate surface area is 114 Å². The van der Waals surface area contributed by atoms with Gasteiger partial charge in [-0.3, -0.25) is 11.3 Å². The largest absolute Gasteiger partial charge is 0.398 e. The zero-order valence-corrected chi connectivity index (χ0v) is 11.4. The molecule has 1 aliphatic rings. The highest BCUT2D eigenvalue weighted by Gasteiger charge is 2.24. The van der Waals surface area contributed by atoms with Gasteiger partial charge in [0.2, 0.25) is 0 Å². The van der Waals surface area contributed by atoms with Crippen molar-refractivity contribution in [3.63, 3.8) is 0 Å². The van der Waals surface area contributed by atoms with Gasteiger partial charge in [-0.25, -0.2) is 0 Å². The average molecular weight is 268 g/mol. The first-order valence-corrected chi connectivity index (χ1v) is 7.11. The Morgan fingerprint density at radius 3 is 2.39 bits per heavy atom. The van der Waals surface area contributed by atoms with E-state index in [0.29, 0.717) is 10.9 Å². The fraction of sp³-hybridized carbons (Fsp3) is 0.571. The molecule has 1 atom stereocenters. The quantitative estimate of drug-likeness (QED) is 0.340. The van der Waals surface area contributed by atoms with E-state index in [0.717, 1.165) is 11.3 Å². The lowest BCUT2D eigenvalue weighted by molar-refractivity contribution is 0.330. The maximum Gasteiger partial charge on any atom is 0.0508 e. The maximum absolute atomic E-state index is 6.06. The molecule has 0 aromatic heterocycles. The van der Waals surface area contributed by atoms with Gasteiger partial charge in [0.25, 0.3) is 0 Å². The summed E-state index contributed by atoms with van der Waals surface area (Å²) >= 11 is 5.95. The number of halogens is 1. The van der Waals surface area contributed by atoms with Gasteiger partial charge in [-0.1, -0.05) is 43.4 Å². The first-order valence-electron chi connectivity index (χ1n) is 6.73. The number of nitrogens with two attached hydrogens (primary N) is 2. The summed E-state index contributed by atoms with van der Waals surface area (Å²) in [5, 5.41) is 0.674. The van der Waals surface area contributed by atoms with E-state index >= 15 is 0 Å². The standard InChI is InChI=1S/C14H22ClN3/c15-11-7-8-12(13(16)9-11)14(18-17)10-5-3-1-2-4-6-10/h7-10,14,18H,1-6,16-17H2. The van der Waals surface area contributed by atoms with E-state index in [2.05, 4.69) is 5.43 Å². The lowest BCUT2D eigenvalue weighted by Crippen LogP contribution is -2.34. The molecule has 0 spiro atoms. The van der Waals surface area contributed by atoms with Gasteiger partial charge in [0.15, 0.2) is 0 Å². The van der Waals surface area contributed by atoms with Gasteiger partial charge < -0.3 is 5.73 Å². The van der Waals surface area contributed by atoms with Crippen LogP contribution in [0.1, 0.15) is 50.1 Å². The fourth-order valence-corrected chi connectivity index (χ4v) is 3.13. The Bertz CT molecular complexity index is 387. The van der Waals surface area contributed by atoms with Crippen LogP contribution in [0.4, 0.5) is 5.69 Å². The summed E-state index contributed by atoms with van der Waals surface area (Å²) in [5.41, 5.74) is 10.8. The van der Waals surface area contributed by atoms with Crippen LogP contribution < -0.4 is 17.0 Å². The third-order valence-corrected chi connectivity index (χ3v) is 4.17. The zero-order chi connectivity index (χ0) is 13.0. The van der Waals surface area contributed by atoms with Crippen molar-refractivity contribution >= 4 is 17.3 Å². The Morgan fingerprint density at radius 1 is 1.17 bits per heavy atom. The number of hydrogen-bond donors (Lipinski definition) is 3. The van der Waals surface area contributed by atoms with Crippen LogP contribution in [0.3, 0.4) is 0 Å². The third-order valence-electron chi connectivity index (χ3n) is 3.93. The minimum atomic E-state index is 0.139. The monoisotopic (exact) mass is 267 g/mol. The van der Waals surface area contributed by atoms with Gasteiger partial charge in [-0.15, -0.1) is 0 Å². The van der Waals surface area contributed by atoms with Crippen molar-refractivity contribution in [2.24, 2.45) is 11.8 Å². The molecule has 1 aromatic rings. The van der Waals surface area contributed by atoms with E-state index in [4.69, 9.17) is 23.2 Å². The van der Waals surface area contributed by atoms with Crippen molar-refractivity contribution in [3.8, 4) is 0 Å². The van der Waals surface area contributed by atoms with Gasteiger partial charge >= 0.3 is 0 Å². The summed E-state index contributed by atoms with van der Waals surface area (Å²) in [6, 6.07) is 5.82. The van der Waals surface area contributed by atoms with Crippen molar-refractivity contribution in [2.75, 3.05) is 5.73 Å². The molecule has 1 saturated carbocycles. The van der Waals surface area contributed by atoms with Crippen LogP contribution in [0.15, 0.2) is 18.2 Å². The molecular weight excluding hydrogens is 246 g/mol. The molecule has 1 aliphatic carbocycles. The number of anilines is 1. The SMILES string of the molecule is NNC(c1ccc(Cl)cc1N)C1CCCCCC1. The molecule has 5 N–H and O–H groups in total. The molecule has 0 amide bonds. The number of hydrazine groups is 1. The van der Waals surface area contributed by atoms with Crippen molar-refractivity contribution in [1.82, 2.24) is 5.43 Å². The van der Waals surface area contributed by atoms with Gasteiger partial charge in [0, 0.05) is 10.7 Å². The number of nitrogen functional groups attached to an aromatic ring is 1. The normalized spacial score (nSPS) is 19.4. The molecule has 18 heavy (non-hydrogen) atoms. The second-order valence-corrected chi connectivity index (χ2v) is 5.61. The Morgan fingerprint density at radius 2 is 1.83 bits per heavy atom. The molecule has 0 aliphatic heterocycles. The average Bonchev–Trinajstić information content (AvgIpc) is 2.62. The summed E-state index contributed by atoms with van der Waals surface area (Å²) in [6.07, 6.45) is 7.69. The summed E-state index contributed by atoms with van der Waals surface area (Å²) in [7, 11) is 0.